The van der Waals surface area contributed by atoms with E-state index in [2.05, 4.69) is 0 Å². The molecule has 0 fully saturated rings. The quantitative estimate of drug-likeness (QED) is 0.599. The molecule has 0 saturated heterocycles. The van der Waals surface area contributed by atoms with Crippen molar-refractivity contribution in [2.75, 3.05) is 31.3 Å². The summed E-state index contributed by atoms with van der Waals surface area (Å²) < 4.78 is 4.88. The maximum atomic E-state index is 11.8. The molecule has 6 heteroatoms. The number of carboxylic acids is 1. The first-order valence-electron chi connectivity index (χ1n) is 5.37. The molecule has 6 nitrogen and oxygen atoms in total. The van der Waals surface area contributed by atoms with Crippen LogP contribution in [0.3, 0.4) is 0 Å². The average Bonchev–Trinajstić information content (AvgIpc) is 2.27. The third kappa shape index (κ3) is 3.65. The fraction of sp³-hybridized carbons (Fsp3) is 0.333. The molecule has 0 aliphatic heterocycles. The number of rotatable bonds is 5. The molecule has 0 saturated carbocycles. The van der Waals surface area contributed by atoms with Gasteiger partial charge in [0.05, 0.1) is 17.7 Å². The minimum Gasteiger partial charge on any atom is -0.481 e. The van der Waals surface area contributed by atoms with Crippen molar-refractivity contribution in [2.45, 2.75) is 6.42 Å². The predicted molar refractivity (Wildman–Crippen MR) is 67.7 cm³/mol. The maximum absolute atomic E-state index is 11.8. The lowest BCUT2D eigenvalue weighted by atomic mass is 10.1. The Morgan fingerprint density at radius 2 is 2.06 bits per heavy atom. The standard InChI is InChI=1S/C12H16N2O4/c1-14(2)10-4-3-8(13)7-9(10)12(17)18-6-5-11(15)16/h3-4,7H,5-6,13H2,1-2H3,(H,15,16). The van der Waals surface area contributed by atoms with E-state index in [1.165, 1.54) is 6.07 Å². The molecule has 18 heavy (non-hydrogen) atoms. The van der Waals surface area contributed by atoms with Gasteiger partial charge in [0.15, 0.2) is 0 Å². The second kappa shape index (κ2) is 5.90. The van der Waals surface area contributed by atoms with Gasteiger partial charge < -0.3 is 20.5 Å². The van der Waals surface area contributed by atoms with Gasteiger partial charge in [0.1, 0.15) is 6.61 Å². The van der Waals surface area contributed by atoms with Gasteiger partial charge in [0, 0.05) is 19.8 Å². The third-order valence-corrected chi connectivity index (χ3v) is 2.27. The number of carbonyl (C=O) groups is 2. The van der Waals surface area contributed by atoms with E-state index in [9.17, 15) is 9.59 Å². The van der Waals surface area contributed by atoms with Crippen LogP contribution >= 0.6 is 0 Å². The van der Waals surface area contributed by atoms with Crippen molar-refractivity contribution in [3.8, 4) is 0 Å². The highest BCUT2D eigenvalue weighted by atomic mass is 16.5. The highest BCUT2D eigenvalue weighted by molar-refractivity contribution is 5.97. The molecule has 0 atom stereocenters. The smallest absolute Gasteiger partial charge is 0.340 e. The van der Waals surface area contributed by atoms with Gasteiger partial charge in [0.25, 0.3) is 0 Å². The topological polar surface area (TPSA) is 92.9 Å². The van der Waals surface area contributed by atoms with Crippen LogP contribution in [0, 0.1) is 0 Å². The van der Waals surface area contributed by atoms with E-state index in [1.54, 1.807) is 31.1 Å². The molecular weight excluding hydrogens is 236 g/mol. The molecular formula is C12H16N2O4. The molecule has 3 N–H and O–H groups in total. The van der Waals surface area contributed by atoms with E-state index in [1.807, 2.05) is 0 Å². The normalized spacial score (nSPS) is 9.89. The summed E-state index contributed by atoms with van der Waals surface area (Å²) >= 11 is 0. The summed E-state index contributed by atoms with van der Waals surface area (Å²) in [6.45, 7) is -0.157. The molecule has 0 spiro atoms. The Balaban J connectivity index is 2.83. The second-order valence-corrected chi connectivity index (χ2v) is 3.95. The Labute approximate surface area is 105 Å². The van der Waals surface area contributed by atoms with E-state index in [4.69, 9.17) is 15.6 Å². The second-order valence-electron chi connectivity index (χ2n) is 3.95. The molecule has 1 aromatic carbocycles. The number of benzene rings is 1. The van der Waals surface area contributed by atoms with Gasteiger partial charge in [0.2, 0.25) is 0 Å². The van der Waals surface area contributed by atoms with Gasteiger partial charge in [-0.05, 0) is 18.2 Å². The van der Waals surface area contributed by atoms with E-state index < -0.39 is 11.9 Å². The summed E-state index contributed by atoms with van der Waals surface area (Å²) in [5.41, 5.74) is 7.07. The number of anilines is 2. The van der Waals surface area contributed by atoms with Crippen molar-refractivity contribution >= 4 is 23.3 Å². The average molecular weight is 252 g/mol. The molecule has 0 heterocycles. The summed E-state index contributed by atoms with van der Waals surface area (Å²) in [6.07, 6.45) is -0.217. The zero-order chi connectivity index (χ0) is 13.7. The van der Waals surface area contributed by atoms with Gasteiger partial charge >= 0.3 is 11.9 Å². The number of nitrogens with zero attached hydrogens (tertiary/aromatic N) is 1. The molecule has 0 radical (unpaired) electrons. The van der Waals surface area contributed by atoms with Gasteiger partial charge in [-0.1, -0.05) is 0 Å². The summed E-state index contributed by atoms with van der Waals surface area (Å²) in [5, 5.41) is 8.46. The molecule has 1 rings (SSSR count). The molecule has 1 aromatic rings. The SMILES string of the molecule is CN(C)c1ccc(N)cc1C(=O)OCCC(=O)O. The van der Waals surface area contributed by atoms with Crippen LogP contribution < -0.4 is 10.6 Å². The first kappa shape index (κ1) is 13.8. The zero-order valence-electron chi connectivity index (χ0n) is 10.3. The molecule has 98 valence electrons. The van der Waals surface area contributed by atoms with Gasteiger partial charge in [-0.25, -0.2) is 4.79 Å². The van der Waals surface area contributed by atoms with Crippen LogP contribution in [0.5, 0.6) is 0 Å². The molecule has 0 bridgehead atoms. The molecule has 0 aliphatic carbocycles. The molecule has 0 aromatic heterocycles. The Morgan fingerprint density at radius 3 is 2.61 bits per heavy atom. The predicted octanol–water partition coefficient (Wildman–Crippen LogP) is 0.966. The minimum atomic E-state index is -1.01. The Hall–Kier alpha value is -2.24. The Morgan fingerprint density at radius 1 is 1.39 bits per heavy atom. The van der Waals surface area contributed by atoms with E-state index in [-0.39, 0.29) is 13.0 Å². The fourth-order valence-electron chi connectivity index (χ4n) is 1.42. The van der Waals surface area contributed by atoms with Gasteiger partial charge in [-0.3, -0.25) is 4.79 Å². The van der Waals surface area contributed by atoms with Crippen LogP contribution in [0.25, 0.3) is 0 Å². The van der Waals surface area contributed by atoms with Crippen LogP contribution in [0.15, 0.2) is 18.2 Å². The first-order valence-corrected chi connectivity index (χ1v) is 5.37. The summed E-state index contributed by atoms with van der Waals surface area (Å²) in [4.78, 5) is 23.9. The van der Waals surface area contributed by atoms with Gasteiger partial charge in [-0.15, -0.1) is 0 Å². The number of nitrogen functional groups attached to an aromatic ring is 1. The Bertz CT molecular complexity index is 457. The van der Waals surface area contributed by atoms with Crippen LogP contribution in [0.4, 0.5) is 11.4 Å². The van der Waals surface area contributed by atoms with Crippen molar-refractivity contribution in [1.82, 2.24) is 0 Å². The van der Waals surface area contributed by atoms with Crippen molar-refractivity contribution < 1.29 is 19.4 Å². The van der Waals surface area contributed by atoms with E-state index in [0.29, 0.717) is 16.9 Å². The van der Waals surface area contributed by atoms with Gasteiger partial charge in [-0.2, -0.15) is 0 Å². The van der Waals surface area contributed by atoms with Crippen LogP contribution in [0.1, 0.15) is 16.8 Å². The van der Waals surface area contributed by atoms with E-state index in [0.717, 1.165) is 0 Å². The lowest BCUT2D eigenvalue weighted by molar-refractivity contribution is -0.137. The molecule has 0 aliphatic rings. The zero-order valence-corrected chi connectivity index (χ0v) is 10.3. The number of carbonyl (C=O) groups excluding carboxylic acids is 1. The first-order chi connectivity index (χ1) is 8.41. The number of aliphatic carboxylic acids is 1. The molecule has 0 unspecified atom stereocenters. The molecule has 0 amide bonds. The van der Waals surface area contributed by atoms with Crippen LogP contribution in [-0.2, 0) is 9.53 Å². The lowest BCUT2D eigenvalue weighted by Crippen LogP contribution is -2.16. The number of carboxylic acid groups (broad SMARTS) is 1. The fourth-order valence-corrected chi connectivity index (χ4v) is 1.42. The lowest BCUT2D eigenvalue weighted by Gasteiger charge is -2.17. The highest BCUT2D eigenvalue weighted by Gasteiger charge is 2.15. The summed E-state index contributed by atoms with van der Waals surface area (Å²) in [5.74, 6) is -1.59. The van der Waals surface area contributed by atoms with Crippen LogP contribution in [0.2, 0.25) is 0 Å². The van der Waals surface area contributed by atoms with E-state index >= 15 is 0 Å². The highest BCUT2D eigenvalue weighted by Crippen LogP contribution is 2.22. The monoisotopic (exact) mass is 252 g/mol. The maximum Gasteiger partial charge on any atom is 0.340 e. The van der Waals surface area contributed by atoms with Crippen molar-refractivity contribution in [1.29, 1.82) is 0 Å². The minimum absolute atomic E-state index is 0.157. The largest absolute Gasteiger partial charge is 0.481 e. The van der Waals surface area contributed by atoms with Crippen molar-refractivity contribution in [3.63, 3.8) is 0 Å². The summed E-state index contributed by atoms with van der Waals surface area (Å²) in [6, 6.07) is 4.91. The number of ether oxygens (including phenoxy) is 1. The number of hydrogen-bond acceptors (Lipinski definition) is 5. The summed E-state index contributed by atoms with van der Waals surface area (Å²) in [7, 11) is 3.58. The third-order valence-electron chi connectivity index (χ3n) is 2.27. The number of nitrogens with two attached hydrogens (primary N) is 1. The van der Waals surface area contributed by atoms with Crippen molar-refractivity contribution in [3.05, 3.63) is 23.8 Å². The number of hydrogen-bond donors (Lipinski definition) is 2. The van der Waals surface area contributed by atoms with Crippen LogP contribution in [-0.4, -0.2) is 37.7 Å². The number of esters is 1. The van der Waals surface area contributed by atoms with Crippen molar-refractivity contribution in [2.24, 2.45) is 0 Å². The Kier molecular flexibility index (Phi) is 4.53.